The molecule has 53 heavy (non-hydrogen) atoms. The van der Waals surface area contributed by atoms with Gasteiger partial charge < -0.3 is 24.4 Å². The smallest absolute Gasteiger partial charge is 0.407 e. The van der Waals surface area contributed by atoms with Gasteiger partial charge in [-0.1, -0.05) is 160 Å². The Hall–Kier alpha value is -1.37. The minimum atomic E-state index is -0.346. The fourth-order valence-corrected chi connectivity index (χ4v) is 7.13. The molecular formula is C47H90N2O4. The van der Waals surface area contributed by atoms with Gasteiger partial charge in [0.15, 0.2) is 0 Å². The lowest BCUT2D eigenvalue weighted by Gasteiger charge is -2.26. The number of hydrogen-bond acceptors (Lipinski definition) is 5. The van der Waals surface area contributed by atoms with Crippen molar-refractivity contribution in [3.8, 4) is 0 Å². The molecule has 0 bridgehead atoms. The highest BCUT2D eigenvalue weighted by molar-refractivity contribution is 5.67. The van der Waals surface area contributed by atoms with Gasteiger partial charge >= 0.3 is 6.09 Å². The number of carbonyl (C=O) groups excluding carboxylic acids is 1. The first-order valence-corrected chi connectivity index (χ1v) is 23.4. The van der Waals surface area contributed by atoms with E-state index >= 15 is 0 Å². The van der Waals surface area contributed by atoms with Crippen LogP contribution in [0.15, 0.2) is 24.3 Å². The molecule has 1 heterocycles. The molecule has 1 unspecified atom stereocenters. The van der Waals surface area contributed by atoms with Crippen molar-refractivity contribution in [2.75, 3.05) is 52.6 Å². The molecule has 0 aromatic rings. The molecular weight excluding hydrogens is 657 g/mol. The average molecular weight is 747 g/mol. The van der Waals surface area contributed by atoms with Crippen LogP contribution >= 0.6 is 0 Å². The van der Waals surface area contributed by atoms with Crippen LogP contribution in [0.4, 0.5) is 4.79 Å². The van der Waals surface area contributed by atoms with Gasteiger partial charge in [-0.05, 0) is 90.1 Å². The molecule has 0 aromatic heterocycles. The van der Waals surface area contributed by atoms with Gasteiger partial charge in [0.25, 0.3) is 0 Å². The van der Waals surface area contributed by atoms with E-state index in [1.807, 2.05) is 0 Å². The molecule has 0 spiro atoms. The predicted molar refractivity (Wildman–Crippen MR) is 229 cm³/mol. The van der Waals surface area contributed by atoms with E-state index in [0.29, 0.717) is 19.8 Å². The summed E-state index contributed by atoms with van der Waals surface area (Å²) in [4.78, 5) is 14.8. The van der Waals surface area contributed by atoms with Crippen LogP contribution < -0.4 is 5.32 Å². The third-order valence-corrected chi connectivity index (χ3v) is 10.7. The molecule has 1 aliphatic heterocycles. The van der Waals surface area contributed by atoms with Crippen LogP contribution in [-0.2, 0) is 14.2 Å². The van der Waals surface area contributed by atoms with Gasteiger partial charge in [0.1, 0.15) is 12.7 Å². The number of ether oxygens (including phenoxy) is 3. The molecule has 0 radical (unpaired) electrons. The van der Waals surface area contributed by atoms with Crippen molar-refractivity contribution in [3.05, 3.63) is 24.3 Å². The molecule has 1 amide bonds. The highest BCUT2D eigenvalue weighted by Gasteiger charge is 2.14. The number of amides is 1. The van der Waals surface area contributed by atoms with E-state index in [4.69, 9.17) is 14.2 Å². The van der Waals surface area contributed by atoms with Crippen molar-refractivity contribution in [2.45, 2.75) is 219 Å². The summed E-state index contributed by atoms with van der Waals surface area (Å²) in [5, 5.41) is 2.93. The molecule has 1 rings (SSSR count). The second kappa shape index (κ2) is 41.8. The Bertz CT molecular complexity index is 797. The monoisotopic (exact) mass is 747 g/mol. The highest BCUT2D eigenvalue weighted by Crippen LogP contribution is 2.13. The van der Waals surface area contributed by atoms with Gasteiger partial charge in [0.2, 0.25) is 0 Å². The number of nitrogens with zero attached hydrogens (tertiary/aromatic N) is 1. The Morgan fingerprint density at radius 3 is 1.47 bits per heavy atom. The molecule has 0 aliphatic carbocycles. The normalized spacial score (nSPS) is 14.5. The second-order valence-corrected chi connectivity index (χ2v) is 15.9. The summed E-state index contributed by atoms with van der Waals surface area (Å²) >= 11 is 0. The summed E-state index contributed by atoms with van der Waals surface area (Å²) in [6.07, 6.45) is 49.4. The molecule has 1 N–H and O–H groups in total. The molecule has 312 valence electrons. The molecule has 1 saturated heterocycles. The van der Waals surface area contributed by atoms with Crippen LogP contribution in [0, 0.1) is 0 Å². The third-order valence-electron chi connectivity index (χ3n) is 10.7. The zero-order chi connectivity index (χ0) is 38.0. The van der Waals surface area contributed by atoms with Crippen molar-refractivity contribution >= 4 is 6.09 Å². The van der Waals surface area contributed by atoms with Crippen molar-refractivity contribution in [1.82, 2.24) is 10.2 Å². The fraction of sp³-hybridized carbons (Fsp3) is 0.894. The molecule has 0 saturated carbocycles. The molecule has 0 aromatic carbocycles. The lowest BCUT2D eigenvalue weighted by Crippen LogP contribution is -2.38. The molecule has 1 atom stereocenters. The number of nitrogens with one attached hydrogen (secondary N) is 1. The van der Waals surface area contributed by atoms with Crippen LogP contribution in [0.1, 0.15) is 213 Å². The Labute approximate surface area is 330 Å². The summed E-state index contributed by atoms with van der Waals surface area (Å²) in [5.41, 5.74) is 0. The van der Waals surface area contributed by atoms with Crippen molar-refractivity contribution < 1.29 is 19.0 Å². The Morgan fingerprint density at radius 2 is 0.981 bits per heavy atom. The van der Waals surface area contributed by atoms with Gasteiger partial charge in [0.05, 0.1) is 6.61 Å². The van der Waals surface area contributed by atoms with Gasteiger partial charge in [-0.25, -0.2) is 4.79 Å². The molecule has 1 fully saturated rings. The van der Waals surface area contributed by atoms with Crippen LogP contribution in [0.5, 0.6) is 0 Å². The summed E-state index contributed by atoms with van der Waals surface area (Å²) in [6, 6.07) is 0. The Morgan fingerprint density at radius 1 is 0.547 bits per heavy atom. The minimum absolute atomic E-state index is 0.208. The molecule has 1 aliphatic rings. The number of allylic oxidation sites excluding steroid dienone is 4. The third kappa shape index (κ3) is 37.3. The van der Waals surface area contributed by atoms with E-state index in [1.54, 1.807) is 0 Å². The number of unbranched alkanes of at least 4 members (excludes halogenated alkanes) is 24. The maximum atomic E-state index is 12.4. The predicted octanol–water partition coefficient (Wildman–Crippen LogP) is 13.7. The Kier molecular flexibility index (Phi) is 39.1. The van der Waals surface area contributed by atoms with Crippen LogP contribution in [0.25, 0.3) is 0 Å². The zero-order valence-corrected chi connectivity index (χ0v) is 35.5. The highest BCUT2D eigenvalue weighted by atomic mass is 16.6. The second-order valence-electron chi connectivity index (χ2n) is 15.9. The van der Waals surface area contributed by atoms with Gasteiger partial charge in [-0.2, -0.15) is 0 Å². The van der Waals surface area contributed by atoms with Crippen LogP contribution in [0.3, 0.4) is 0 Å². The summed E-state index contributed by atoms with van der Waals surface area (Å²) < 4.78 is 17.8. The summed E-state index contributed by atoms with van der Waals surface area (Å²) in [5.74, 6) is 0. The number of rotatable bonds is 40. The first kappa shape index (κ1) is 49.6. The van der Waals surface area contributed by atoms with E-state index in [0.717, 1.165) is 39.1 Å². The number of piperidine rings is 1. The van der Waals surface area contributed by atoms with E-state index < -0.39 is 0 Å². The maximum absolute atomic E-state index is 12.4. The average Bonchev–Trinajstić information content (AvgIpc) is 3.17. The quantitative estimate of drug-likeness (QED) is 0.0500. The van der Waals surface area contributed by atoms with Gasteiger partial charge in [-0.15, -0.1) is 0 Å². The van der Waals surface area contributed by atoms with Gasteiger partial charge in [-0.3, -0.25) is 0 Å². The van der Waals surface area contributed by atoms with E-state index in [1.165, 1.54) is 186 Å². The summed E-state index contributed by atoms with van der Waals surface area (Å²) in [7, 11) is 0. The van der Waals surface area contributed by atoms with Crippen molar-refractivity contribution in [3.63, 3.8) is 0 Å². The number of hydrogen-bond donors (Lipinski definition) is 1. The zero-order valence-electron chi connectivity index (χ0n) is 35.5. The molecule has 6 nitrogen and oxygen atoms in total. The number of alkyl carbamates (subject to hydrolysis) is 1. The maximum Gasteiger partial charge on any atom is 0.407 e. The standard InChI is InChI=1S/C47H90N2O4/c1-3-5-7-9-11-13-15-17-19-21-23-25-27-29-31-36-42-51-44-46(45-53-47(50)48-38-41-49-39-34-33-35-40-49)52-43-37-32-30-28-26-24-22-20-18-16-14-12-10-8-6-4-2/h17-20,46H,3-16,21-45H2,1-2H3,(H,48,50)/b19-17-,20-18-. The first-order valence-electron chi connectivity index (χ1n) is 23.4. The van der Waals surface area contributed by atoms with Crippen LogP contribution in [-0.4, -0.2) is 69.7 Å². The first-order chi connectivity index (χ1) is 26.3. The number of carbonyl (C=O) groups is 1. The SMILES string of the molecule is CCCCCCCC/C=C\CCCCCCCCOCC(COC(=O)NCCN1CCCCC1)OCCCCCCCC/C=C\CCCCCCCC. The van der Waals surface area contributed by atoms with Gasteiger partial charge in [0, 0.05) is 26.3 Å². The summed E-state index contributed by atoms with van der Waals surface area (Å²) in [6.45, 7) is 10.5. The fourth-order valence-electron chi connectivity index (χ4n) is 7.13. The van der Waals surface area contributed by atoms with E-state index in [2.05, 4.69) is 48.4 Å². The van der Waals surface area contributed by atoms with Crippen molar-refractivity contribution in [1.29, 1.82) is 0 Å². The van der Waals surface area contributed by atoms with Crippen LogP contribution in [0.2, 0.25) is 0 Å². The molecule has 6 heteroatoms. The lowest BCUT2D eigenvalue weighted by molar-refractivity contribution is -0.0468. The van der Waals surface area contributed by atoms with E-state index in [-0.39, 0.29) is 18.8 Å². The number of likely N-dealkylation sites (tertiary alicyclic amines) is 1. The minimum Gasteiger partial charge on any atom is -0.447 e. The van der Waals surface area contributed by atoms with E-state index in [9.17, 15) is 4.79 Å². The topological polar surface area (TPSA) is 60.0 Å². The van der Waals surface area contributed by atoms with Crippen molar-refractivity contribution in [2.24, 2.45) is 0 Å². The lowest BCUT2D eigenvalue weighted by atomic mass is 10.1. The largest absolute Gasteiger partial charge is 0.447 e. The Balaban J connectivity index is 2.12.